The Morgan fingerprint density at radius 2 is 1.74 bits per heavy atom. The molecule has 0 spiro atoms. The molecule has 1 aliphatic rings. The minimum Gasteiger partial charge on any atom is -0.497 e. The number of sulfonamides is 1. The van der Waals surface area contributed by atoms with Crippen LogP contribution in [0.15, 0.2) is 53.4 Å². The maximum atomic E-state index is 13.1. The van der Waals surface area contributed by atoms with Crippen molar-refractivity contribution in [3.05, 3.63) is 65.4 Å². The van der Waals surface area contributed by atoms with Gasteiger partial charge in [-0.05, 0) is 48.5 Å². The molecule has 1 N–H and O–H groups in total. The fourth-order valence-electron chi connectivity index (χ4n) is 3.84. The number of hydrogen-bond acceptors (Lipinski definition) is 6. The van der Waals surface area contributed by atoms with Gasteiger partial charge in [-0.1, -0.05) is 13.8 Å². The van der Waals surface area contributed by atoms with Gasteiger partial charge in [0.25, 0.3) is 5.91 Å². The number of carbonyl (C=O) groups is 1. The first kappa shape index (κ1) is 24.1. The average molecular weight is 503 g/mol. The van der Waals surface area contributed by atoms with Crippen LogP contribution in [0.5, 0.6) is 5.75 Å². The number of fused-ring (bicyclic) bond motifs is 1. The second-order valence-electron chi connectivity index (χ2n) is 7.68. The number of nitrogens with one attached hydrogen (secondary N) is 1. The highest BCUT2D eigenvalue weighted by atomic mass is 32.2. The van der Waals surface area contributed by atoms with Gasteiger partial charge in [-0.2, -0.15) is 9.40 Å². The lowest BCUT2D eigenvalue weighted by molar-refractivity contribution is 0.102. The molecule has 2 heterocycles. The normalized spacial score (nSPS) is 15.4. The predicted octanol–water partition coefficient (Wildman–Crippen LogP) is 2.93. The number of methoxy groups -OCH3 is 1. The van der Waals surface area contributed by atoms with Gasteiger partial charge in [0.05, 0.1) is 34.9 Å². The summed E-state index contributed by atoms with van der Waals surface area (Å²) in [6.45, 7) is 4.28. The van der Waals surface area contributed by atoms with Crippen molar-refractivity contribution in [1.29, 1.82) is 0 Å². The number of benzene rings is 2. The zero-order chi connectivity index (χ0) is 24.5. The first-order valence-electron chi connectivity index (χ1n) is 10.8. The van der Waals surface area contributed by atoms with Gasteiger partial charge in [0, 0.05) is 35.0 Å². The lowest BCUT2D eigenvalue weighted by Gasteiger charge is -2.18. The Balaban J connectivity index is 1.64. The molecule has 4 rings (SSSR count). The van der Waals surface area contributed by atoms with Crippen molar-refractivity contribution in [2.24, 2.45) is 0 Å². The summed E-state index contributed by atoms with van der Waals surface area (Å²) in [6.07, 6.45) is 0. The molecular formula is C23H26N4O5S2. The number of aromatic nitrogens is 2. The van der Waals surface area contributed by atoms with Crippen LogP contribution in [-0.2, 0) is 32.3 Å². The van der Waals surface area contributed by atoms with Crippen LogP contribution in [0.4, 0.5) is 5.82 Å². The summed E-state index contributed by atoms with van der Waals surface area (Å²) in [5, 5.41) is 7.48. The van der Waals surface area contributed by atoms with E-state index >= 15 is 0 Å². The highest BCUT2D eigenvalue weighted by Crippen LogP contribution is 2.32. The van der Waals surface area contributed by atoms with Crippen LogP contribution in [0.2, 0.25) is 0 Å². The smallest absolute Gasteiger partial charge is 0.256 e. The molecule has 9 nitrogen and oxygen atoms in total. The molecule has 34 heavy (non-hydrogen) atoms. The Morgan fingerprint density at radius 3 is 2.32 bits per heavy atom. The van der Waals surface area contributed by atoms with E-state index in [1.54, 1.807) is 37.8 Å². The maximum absolute atomic E-state index is 13.1. The van der Waals surface area contributed by atoms with Gasteiger partial charge in [-0.3, -0.25) is 9.00 Å². The maximum Gasteiger partial charge on any atom is 0.256 e. The quantitative estimate of drug-likeness (QED) is 0.507. The van der Waals surface area contributed by atoms with Gasteiger partial charge in [-0.25, -0.2) is 13.1 Å². The van der Waals surface area contributed by atoms with Crippen LogP contribution in [0.1, 0.15) is 35.5 Å². The summed E-state index contributed by atoms with van der Waals surface area (Å²) >= 11 is 0. The Labute approximate surface area is 201 Å². The number of carbonyl (C=O) groups excluding carboxylic acids is 1. The van der Waals surface area contributed by atoms with Gasteiger partial charge in [0.15, 0.2) is 0 Å². The molecule has 1 atom stereocenters. The van der Waals surface area contributed by atoms with E-state index in [0.717, 1.165) is 11.3 Å². The third kappa shape index (κ3) is 4.50. The van der Waals surface area contributed by atoms with Crippen molar-refractivity contribution in [3.63, 3.8) is 0 Å². The lowest BCUT2D eigenvalue weighted by Crippen LogP contribution is -2.30. The zero-order valence-electron chi connectivity index (χ0n) is 19.1. The third-order valence-electron chi connectivity index (χ3n) is 5.68. The Morgan fingerprint density at radius 1 is 1.09 bits per heavy atom. The van der Waals surface area contributed by atoms with Gasteiger partial charge < -0.3 is 10.1 Å². The van der Waals surface area contributed by atoms with E-state index in [-0.39, 0.29) is 4.90 Å². The van der Waals surface area contributed by atoms with Crippen molar-refractivity contribution in [3.8, 4) is 11.4 Å². The zero-order valence-corrected chi connectivity index (χ0v) is 20.8. The Kier molecular flexibility index (Phi) is 6.87. The molecule has 180 valence electrons. The lowest BCUT2D eigenvalue weighted by atomic mass is 10.2. The fourth-order valence-corrected chi connectivity index (χ4v) is 6.56. The van der Waals surface area contributed by atoms with Gasteiger partial charge in [0.1, 0.15) is 11.6 Å². The van der Waals surface area contributed by atoms with Gasteiger partial charge >= 0.3 is 0 Å². The second kappa shape index (κ2) is 9.69. The van der Waals surface area contributed by atoms with Crippen molar-refractivity contribution < 1.29 is 22.2 Å². The molecule has 11 heteroatoms. The Hall–Kier alpha value is -3.02. The number of ether oxygens (including phenoxy) is 1. The van der Waals surface area contributed by atoms with Crippen LogP contribution in [0.3, 0.4) is 0 Å². The number of nitrogens with zero attached hydrogens (tertiary/aromatic N) is 3. The number of hydrogen-bond donors (Lipinski definition) is 1. The number of rotatable bonds is 8. The molecule has 0 saturated carbocycles. The van der Waals surface area contributed by atoms with E-state index in [1.165, 1.54) is 28.6 Å². The largest absolute Gasteiger partial charge is 0.497 e. The highest BCUT2D eigenvalue weighted by molar-refractivity contribution is 7.89. The van der Waals surface area contributed by atoms with Crippen LogP contribution in [0, 0.1) is 0 Å². The molecule has 0 saturated heterocycles. The first-order valence-corrected chi connectivity index (χ1v) is 13.7. The van der Waals surface area contributed by atoms with E-state index in [2.05, 4.69) is 10.4 Å². The number of amides is 1. The van der Waals surface area contributed by atoms with Crippen LogP contribution < -0.4 is 10.1 Å². The highest BCUT2D eigenvalue weighted by Gasteiger charge is 2.29. The summed E-state index contributed by atoms with van der Waals surface area (Å²) in [7, 11) is -3.10. The minimum absolute atomic E-state index is 0.132. The first-order chi connectivity index (χ1) is 16.3. The van der Waals surface area contributed by atoms with Crippen LogP contribution >= 0.6 is 0 Å². The molecular weight excluding hydrogens is 476 g/mol. The third-order valence-corrected chi connectivity index (χ3v) is 8.95. The predicted molar refractivity (Wildman–Crippen MR) is 130 cm³/mol. The van der Waals surface area contributed by atoms with Crippen molar-refractivity contribution in [2.45, 2.75) is 30.2 Å². The standard InChI is InChI=1S/C23H26N4O5S2/c1-4-26(5-2)34(30,31)19-12-6-16(7-13-19)23(28)24-22-20-14-33(29)15-21(20)25-27(22)17-8-10-18(32-3)11-9-17/h6-13H,4-5,14-15H2,1-3H3,(H,24,28). The summed E-state index contributed by atoms with van der Waals surface area (Å²) in [5.74, 6) is 1.37. The molecule has 1 amide bonds. The summed E-state index contributed by atoms with van der Waals surface area (Å²) in [5.41, 5.74) is 2.44. The van der Waals surface area contributed by atoms with E-state index in [1.807, 2.05) is 12.1 Å². The topological polar surface area (TPSA) is 111 Å². The molecule has 0 fully saturated rings. The molecule has 0 aliphatic carbocycles. The molecule has 1 aliphatic heterocycles. The van der Waals surface area contributed by atoms with E-state index in [4.69, 9.17) is 4.74 Å². The van der Waals surface area contributed by atoms with Crippen molar-refractivity contribution in [2.75, 3.05) is 25.5 Å². The molecule has 2 aromatic carbocycles. The molecule has 0 bridgehead atoms. The molecule has 1 unspecified atom stereocenters. The summed E-state index contributed by atoms with van der Waals surface area (Å²) in [4.78, 5) is 13.2. The van der Waals surface area contributed by atoms with Crippen LogP contribution in [-0.4, -0.2) is 52.8 Å². The van der Waals surface area contributed by atoms with E-state index in [0.29, 0.717) is 47.4 Å². The fraction of sp³-hybridized carbons (Fsp3) is 0.304. The SMILES string of the molecule is CCN(CC)S(=O)(=O)c1ccc(C(=O)Nc2c3c(nn2-c2ccc(OC)cc2)CS(=O)C3)cc1. The van der Waals surface area contributed by atoms with Crippen molar-refractivity contribution >= 4 is 32.5 Å². The number of anilines is 1. The molecule has 3 aromatic rings. The van der Waals surface area contributed by atoms with Crippen LogP contribution in [0.25, 0.3) is 5.69 Å². The summed E-state index contributed by atoms with van der Waals surface area (Å²) in [6, 6.07) is 13.1. The monoisotopic (exact) mass is 502 g/mol. The minimum atomic E-state index is -3.61. The van der Waals surface area contributed by atoms with E-state index < -0.39 is 26.7 Å². The molecule has 0 radical (unpaired) electrons. The van der Waals surface area contributed by atoms with Gasteiger partial charge in [-0.15, -0.1) is 0 Å². The van der Waals surface area contributed by atoms with Crippen molar-refractivity contribution in [1.82, 2.24) is 14.1 Å². The van der Waals surface area contributed by atoms with Gasteiger partial charge in [0.2, 0.25) is 10.0 Å². The average Bonchev–Trinajstić information content (AvgIpc) is 3.36. The summed E-state index contributed by atoms with van der Waals surface area (Å²) < 4.78 is 45.7. The Bertz CT molecular complexity index is 1330. The molecule has 1 aromatic heterocycles. The second-order valence-corrected chi connectivity index (χ2v) is 11.1. The van der Waals surface area contributed by atoms with E-state index in [9.17, 15) is 17.4 Å².